The number of pyridine rings is 1. The Kier molecular flexibility index (Phi) is 4.90. The van der Waals surface area contributed by atoms with Crippen LogP contribution in [0.4, 0.5) is 0 Å². The molecule has 0 saturated carbocycles. The molecule has 0 aliphatic heterocycles. The molecule has 4 rings (SSSR count). The molecule has 2 heterocycles. The number of carbonyl (C=O) groups excluding carboxylic acids is 1. The van der Waals surface area contributed by atoms with Gasteiger partial charge in [-0.25, -0.2) is 9.78 Å². The van der Waals surface area contributed by atoms with Crippen LogP contribution in [0.5, 0.6) is 5.75 Å². The molecule has 1 N–H and O–H groups in total. The van der Waals surface area contributed by atoms with Gasteiger partial charge in [0.25, 0.3) is 5.56 Å². The van der Waals surface area contributed by atoms with Crippen molar-refractivity contribution in [3.63, 3.8) is 0 Å². The Bertz CT molecular complexity index is 1210. The molecule has 0 amide bonds. The highest BCUT2D eigenvalue weighted by Crippen LogP contribution is 2.27. The van der Waals surface area contributed by atoms with E-state index in [1.54, 1.807) is 31.4 Å². The number of carbonyl (C=O) groups is 1. The van der Waals surface area contributed by atoms with Gasteiger partial charge in [-0.2, -0.15) is 0 Å². The monoisotopic (exact) mass is 392 g/mol. The van der Waals surface area contributed by atoms with Crippen molar-refractivity contribution in [1.29, 1.82) is 0 Å². The topological polar surface area (TPSA) is 81.3 Å². The number of aromatic nitrogens is 2. The first-order valence-electron chi connectivity index (χ1n) is 8.52. The largest absolute Gasteiger partial charge is 0.497 e. The van der Waals surface area contributed by atoms with E-state index in [1.807, 2.05) is 35.7 Å². The molecule has 6 nitrogen and oxygen atoms in total. The van der Waals surface area contributed by atoms with E-state index in [0.29, 0.717) is 16.5 Å². The number of nitrogens with one attached hydrogen (secondary N) is 1. The Morgan fingerprint density at radius 3 is 2.86 bits per heavy atom. The van der Waals surface area contributed by atoms with Crippen LogP contribution in [0.1, 0.15) is 16.2 Å². The van der Waals surface area contributed by atoms with Gasteiger partial charge in [0.1, 0.15) is 23.1 Å². The second-order valence-corrected chi connectivity index (χ2v) is 6.91. The highest BCUT2D eigenvalue weighted by atomic mass is 32.1. The number of benzene rings is 2. The lowest BCUT2D eigenvalue weighted by Gasteiger charge is -2.04. The molecule has 0 radical (unpaired) electrons. The summed E-state index contributed by atoms with van der Waals surface area (Å²) in [6.07, 6.45) is 0. The van der Waals surface area contributed by atoms with E-state index >= 15 is 0 Å². The first-order valence-corrected chi connectivity index (χ1v) is 9.40. The van der Waals surface area contributed by atoms with Gasteiger partial charge in [-0.05, 0) is 29.7 Å². The molecular formula is C21H16N2O4S. The van der Waals surface area contributed by atoms with E-state index in [1.165, 1.54) is 11.3 Å². The van der Waals surface area contributed by atoms with Crippen LogP contribution in [0, 0.1) is 0 Å². The number of nitrogens with zero attached hydrogens (tertiary/aromatic N) is 1. The molecule has 0 fully saturated rings. The molecule has 28 heavy (non-hydrogen) atoms. The van der Waals surface area contributed by atoms with Gasteiger partial charge in [0.05, 0.1) is 12.8 Å². The van der Waals surface area contributed by atoms with Gasteiger partial charge < -0.3 is 14.5 Å². The third-order valence-corrected chi connectivity index (χ3v) is 5.13. The third-order valence-electron chi connectivity index (χ3n) is 4.19. The second-order valence-electron chi connectivity index (χ2n) is 6.05. The standard InChI is InChI=1S/C21H16N2O4S/c1-26-16-7-4-6-14(9-16)20-22-15(12-28-20)11-27-21(25)18-10-13-5-2-3-8-17(13)19(24)23-18/h2-10,12H,11H2,1H3,(H,23,24). The first kappa shape index (κ1) is 17.9. The minimum Gasteiger partial charge on any atom is -0.497 e. The summed E-state index contributed by atoms with van der Waals surface area (Å²) in [7, 11) is 1.61. The van der Waals surface area contributed by atoms with Gasteiger partial charge >= 0.3 is 5.97 Å². The molecule has 0 aliphatic carbocycles. The Morgan fingerprint density at radius 1 is 1.14 bits per heavy atom. The summed E-state index contributed by atoms with van der Waals surface area (Å²) in [5.41, 5.74) is 1.37. The molecule has 0 aliphatic rings. The molecule has 140 valence electrons. The number of H-pyrrole nitrogens is 1. The van der Waals surface area contributed by atoms with Crippen molar-refractivity contribution in [2.45, 2.75) is 6.61 Å². The molecule has 0 atom stereocenters. The van der Waals surface area contributed by atoms with Gasteiger partial charge in [-0.15, -0.1) is 11.3 Å². The van der Waals surface area contributed by atoms with Crippen molar-refractivity contribution in [3.05, 3.63) is 81.7 Å². The molecule has 0 unspecified atom stereocenters. The lowest BCUT2D eigenvalue weighted by Crippen LogP contribution is -2.15. The van der Waals surface area contributed by atoms with Gasteiger partial charge in [-0.1, -0.05) is 30.3 Å². The zero-order valence-electron chi connectivity index (χ0n) is 15.0. The number of hydrogen-bond acceptors (Lipinski definition) is 6. The van der Waals surface area contributed by atoms with E-state index in [2.05, 4.69) is 9.97 Å². The van der Waals surface area contributed by atoms with Gasteiger partial charge in [0.15, 0.2) is 0 Å². The maximum absolute atomic E-state index is 12.3. The Labute approximate surface area is 164 Å². The summed E-state index contributed by atoms with van der Waals surface area (Å²) in [6.45, 7) is 0.0220. The van der Waals surface area contributed by atoms with Crippen molar-refractivity contribution in [1.82, 2.24) is 9.97 Å². The van der Waals surface area contributed by atoms with Crippen LogP contribution in [0.2, 0.25) is 0 Å². The number of fused-ring (bicyclic) bond motifs is 1. The molecular weight excluding hydrogens is 376 g/mol. The molecule has 7 heteroatoms. The highest BCUT2D eigenvalue weighted by molar-refractivity contribution is 7.13. The van der Waals surface area contributed by atoms with Gasteiger partial charge in [0, 0.05) is 16.3 Å². The molecule has 2 aromatic carbocycles. The van der Waals surface area contributed by atoms with E-state index in [4.69, 9.17) is 9.47 Å². The lowest BCUT2D eigenvalue weighted by molar-refractivity contribution is 0.0461. The normalized spacial score (nSPS) is 10.8. The zero-order valence-corrected chi connectivity index (χ0v) is 15.8. The van der Waals surface area contributed by atoms with Crippen molar-refractivity contribution >= 4 is 28.1 Å². The predicted molar refractivity (Wildman–Crippen MR) is 108 cm³/mol. The lowest BCUT2D eigenvalue weighted by atomic mass is 10.1. The number of esters is 1. The zero-order chi connectivity index (χ0) is 19.5. The van der Waals surface area contributed by atoms with Crippen LogP contribution >= 0.6 is 11.3 Å². The molecule has 0 bridgehead atoms. The Balaban J connectivity index is 1.48. The van der Waals surface area contributed by atoms with Crippen LogP contribution in [0.25, 0.3) is 21.3 Å². The summed E-state index contributed by atoms with van der Waals surface area (Å²) < 4.78 is 10.6. The average Bonchev–Trinajstić information content (AvgIpc) is 3.21. The van der Waals surface area contributed by atoms with E-state index in [-0.39, 0.29) is 17.9 Å². The van der Waals surface area contributed by atoms with Gasteiger partial charge in [-0.3, -0.25) is 4.79 Å². The van der Waals surface area contributed by atoms with E-state index < -0.39 is 5.97 Å². The molecule has 4 aromatic rings. The molecule has 2 aromatic heterocycles. The quantitative estimate of drug-likeness (QED) is 0.519. The Morgan fingerprint density at radius 2 is 2.00 bits per heavy atom. The van der Waals surface area contributed by atoms with Crippen molar-refractivity contribution in [3.8, 4) is 16.3 Å². The van der Waals surface area contributed by atoms with Crippen LogP contribution in [0.15, 0.2) is 64.8 Å². The summed E-state index contributed by atoms with van der Waals surface area (Å²) in [5, 5.41) is 3.86. The summed E-state index contributed by atoms with van der Waals surface area (Å²) in [4.78, 5) is 31.5. The van der Waals surface area contributed by atoms with Crippen LogP contribution in [-0.4, -0.2) is 23.0 Å². The van der Waals surface area contributed by atoms with Crippen molar-refractivity contribution in [2.24, 2.45) is 0 Å². The maximum atomic E-state index is 12.3. The number of hydrogen-bond donors (Lipinski definition) is 1. The van der Waals surface area contributed by atoms with Crippen LogP contribution in [0.3, 0.4) is 0 Å². The minimum atomic E-state index is -0.598. The van der Waals surface area contributed by atoms with Crippen molar-refractivity contribution < 1.29 is 14.3 Å². The number of thiazole rings is 1. The summed E-state index contributed by atoms with van der Waals surface area (Å²) >= 11 is 1.46. The van der Waals surface area contributed by atoms with Crippen LogP contribution in [-0.2, 0) is 11.3 Å². The third kappa shape index (κ3) is 3.65. The number of methoxy groups -OCH3 is 1. The summed E-state index contributed by atoms with van der Waals surface area (Å²) in [6, 6.07) is 16.3. The van der Waals surface area contributed by atoms with Gasteiger partial charge in [0.2, 0.25) is 0 Å². The second kappa shape index (κ2) is 7.66. The molecule has 0 spiro atoms. The smallest absolute Gasteiger partial charge is 0.355 e. The summed E-state index contributed by atoms with van der Waals surface area (Å²) in [5.74, 6) is 0.153. The maximum Gasteiger partial charge on any atom is 0.355 e. The van der Waals surface area contributed by atoms with E-state index in [9.17, 15) is 9.59 Å². The fourth-order valence-electron chi connectivity index (χ4n) is 2.80. The fraction of sp³-hybridized carbons (Fsp3) is 0.0952. The fourth-order valence-corrected chi connectivity index (χ4v) is 3.60. The number of aromatic amines is 1. The van der Waals surface area contributed by atoms with E-state index in [0.717, 1.165) is 16.3 Å². The number of rotatable bonds is 5. The minimum absolute atomic E-state index is 0.0220. The predicted octanol–water partition coefficient (Wildman–Crippen LogP) is 4.02. The Hall–Kier alpha value is -3.45. The van der Waals surface area contributed by atoms with Crippen LogP contribution < -0.4 is 10.3 Å². The SMILES string of the molecule is COc1cccc(-c2nc(COC(=O)c3cc4ccccc4c(=O)[nH]3)cs2)c1. The highest BCUT2D eigenvalue weighted by Gasteiger charge is 2.13. The average molecular weight is 392 g/mol. The van der Waals surface area contributed by atoms with Crippen molar-refractivity contribution in [2.75, 3.05) is 7.11 Å². The first-order chi connectivity index (χ1) is 13.6. The molecule has 0 saturated heterocycles. The number of ether oxygens (including phenoxy) is 2.